The van der Waals surface area contributed by atoms with E-state index in [4.69, 9.17) is 20.8 Å². The van der Waals surface area contributed by atoms with Crippen molar-refractivity contribution >= 4 is 34.9 Å². The van der Waals surface area contributed by atoms with E-state index in [0.29, 0.717) is 34.5 Å². The minimum absolute atomic E-state index is 0.456. The van der Waals surface area contributed by atoms with Crippen LogP contribution < -0.4 is 4.74 Å². The molecule has 0 bridgehead atoms. The Morgan fingerprint density at radius 2 is 1.86 bits per heavy atom. The molecule has 0 unspecified atom stereocenters. The van der Waals surface area contributed by atoms with Crippen LogP contribution in [0.2, 0.25) is 5.02 Å². The number of rotatable bonds is 6. The van der Waals surface area contributed by atoms with Crippen LogP contribution in [0.15, 0.2) is 59.0 Å². The van der Waals surface area contributed by atoms with E-state index in [-0.39, 0.29) is 0 Å². The van der Waals surface area contributed by atoms with Gasteiger partial charge in [-0.15, -0.1) is 0 Å². The number of hydrogen-bond donors (Lipinski definition) is 0. The summed E-state index contributed by atoms with van der Waals surface area (Å²) in [6.45, 7) is 4.58. The van der Waals surface area contributed by atoms with Gasteiger partial charge < -0.3 is 9.15 Å². The largest absolute Gasteiger partial charge is 0.472 e. The third kappa shape index (κ3) is 4.33. The number of para-hydroxylation sites is 1. The van der Waals surface area contributed by atoms with E-state index in [2.05, 4.69) is 23.0 Å². The van der Waals surface area contributed by atoms with Crippen molar-refractivity contribution in [1.82, 2.24) is 9.97 Å². The van der Waals surface area contributed by atoms with E-state index >= 15 is 0 Å². The van der Waals surface area contributed by atoms with Gasteiger partial charge in [0, 0.05) is 17.3 Å². The van der Waals surface area contributed by atoms with Crippen molar-refractivity contribution in [3.63, 3.8) is 0 Å². The van der Waals surface area contributed by atoms with Crippen LogP contribution in [-0.2, 0) is 13.0 Å². The summed E-state index contributed by atoms with van der Waals surface area (Å²) >= 11 is 6.19. The molecule has 29 heavy (non-hydrogen) atoms. The lowest BCUT2D eigenvalue weighted by Gasteiger charge is -2.12. The summed E-state index contributed by atoms with van der Waals surface area (Å²) in [5, 5.41) is 0.572. The number of nitrogens with zero attached hydrogens (tertiary/aromatic N) is 2. The summed E-state index contributed by atoms with van der Waals surface area (Å²) in [6, 6.07) is 17.6. The van der Waals surface area contributed by atoms with Crippen molar-refractivity contribution in [1.29, 1.82) is 0 Å². The highest BCUT2D eigenvalue weighted by Gasteiger charge is 2.10. The topological polar surface area (TPSA) is 48.2 Å². The average Bonchev–Trinajstić information content (AvgIpc) is 3.17. The lowest BCUT2D eigenvalue weighted by molar-refractivity contribution is 0.292. The van der Waals surface area contributed by atoms with Crippen LogP contribution in [0.5, 0.6) is 5.88 Å². The number of ether oxygens (including phenoxy) is 1. The molecule has 0 aliphatic rings. The average molecular weight is 405 g/mol. The second kappa shape index (κ2) is 8.50. The van der Waals surface area contributed by atoms with Gasteiger partial charge in [-0.1, -0.05) is 54.9 Å². The Balaban J connectivity index is 1.64. The van der Waals surface area contributed by atoms with E-state index < -0.39 is 0 Å². The maximum Gasteiger partial charge on any atom is 0.221 e. The van der Waals surface area contributed by atoms with Crippen molar-refractivity contribution < 1.29 is 9.15 Å². The molecule has 0 aliphatic carbocycles. The summed E-state index contributed by atoms with van der Waals surface area (Å²) < 4.78 is 11.8. The van der Waals surface area contributed by atoms with Crippen LogP contribution in [0.1, 0.15) is 35.2 Å². The molecule has 0 saturated carbocycles. The van der Waals surface area contributed by atoms with Crippen molar-refractivity contribution in [2.24, 2.45) is 0 Å². The number of pyridine rings is 1. The van der Waals surface area contributed by atoms with Gasteiger partial charge in [0.2, 0.25) is 11.8 Å². The van der Waals surface area contributed by atoms with E-state index in [0.717, 1.165) is 23.2 Å². The monoisotopic (exact) mass is 404 g/mol. The van der Waals surface area contributed by atoms with Crippen LogP contribution in [0.3, 0.4) is 0 Å². The summed E-state index contributed by atoms with van der Waals surface area (Å²) in [5.74, 6) is 1.08. The lowest BCUT2D eigenvalue weighted by atomic mass is 10.1. The smallest absolute Gasteiger partial charge is 0.221 e. The Labute approximate surface area is 174 Å². The molecular formula is C24H21ClN2O2. The second-order valence-corrected chi connectivity index (χ2v) is 7.13. The Bertz CT molecular complexity index is 1170. The van der Waals surface area contributed by atoms with Gasteiger partial charge in [-0.05, 0) is 48.7 Å². The molecule has 0 atom stereocenters. The van der Waals surface area contributed by atoms with Gasteiger partial charge in [0.05, 0.1) is 5.02 Å². The van der Waals surface area contributed by atoms with Crippen LogP contribution in [0, 0.1) is 6.92 Å². The van der Waals surface area contributed by atoms with Crippen molar-refractivity contribution in [2.45, 2.75) is 26.9 Å². The molecule has 5 heteroatoms. The first-order chi connectivity index (χ1) is 14.1. The highest BCUT2D eigenvalue weighted by molar-refractivity contribution is 6.34. The Kier molecular flexibility index (Phi) is 5.63. The third-order valence-electron chi connectivity index (χ3n) is 4.70. The molecule has 4 rings (SSSR count). The fourth-order valence-corrected chi connectivity index (χ4v) is 3.33. The van der Waals surface area contributed by atoms with Crippen LogP contribution in [-0.4, -0.2) is 9.97 Å². The molecule has 0 amide bonds. The van der Waals surface area contributed by atoms with Gasteiger partial charge in [-0.2, -0.15) is 0 Å². The van der Waals surface area contributed by atoms with E-state index in [1.807, 2.05) is 61.5 Å². The third-order valence-corrected chi connectivity index (χ3v) is 5.01. The first kappa shape index (κ1) is 19.2. The molecule has 2 heterocycles. The number of halogens is 1. The van der Waals surface area contributed by atoms with E-state index in [9.17, 15) is 0 Å². The van der Waals surface area contributed by atoms with Gasteiger partial charge in [-0.25, -0.2) is 9.97 Å². The van der Waals surface area contributed by atoms with Gasteiger partial charge in [0.1, 0.15) is 12.1 Å². The zero-order chi connectivity index (χ0) is 20.2. The molecule has 2 aromatic heterocycles. The van der Waals surface area contributed by atoms with Crippen LogP contribution >= 0.6 is 11.6 Å². The summed E-state index contributed by atoms with van der Waals surface area (Å²) in [4.78, 5) is 9.15. The van der Waals surface area contributed by atoms with Gasteiger partial charge in [-0.3, -0.25) is 0 Å². The fourth-order valence-electron chi connectivity index (χ4n) is 3.13. The number of hydrogen-bond acceptors (Lipinski definition) is 4. The first-order valence-corrected chi connectivity index (χ1v) is 9.92. The van der Waals surface area contributed by atoms with Crippen LogP contribution in [0.4, 0.5) is 0 Å². The second-order valence-electron chi connectivity index (χ2n) is 6.73. The highest BCUT2D eigenvalue weighted by Crippen LogP contribution is 2.26. The normalized spacial score (nSPS) is 11.4. The minimum Gasteiger partial charge on any atom is -0.472 e. The predicted molar refractivity (Wildman–Crippen MR) is 117 cm³/mol. The summed E-state index contributed by atoms with van der Waals surface area (Å²) in [6.07, 6.45) is 4.64. The number of oxazole rings is 1. The zero-order valence-electron chi connectivity index (χ0n) is 16.4. The lowest BCUT2D eigenvalue weighted by Crippen LogP contribution is -2.02. The molecule has 0 saturated heterocycles. The number of benzene rings is 2. The van der Waals surface area contributed by atoms with E-state index in [1.54, 1.807) is 6.07 Å². The maximum absolute atomic E-state index is 6.19. The molecule has 0 spiro atoms. The summed E-state index contributed by atoms with van der Waals surface area (Å²) in [5.41, 5.74) is 5.45. The van der Waals surface area contributed by atoms with Crippen molar-refractivity contribution in [2.75, 3.05) is 0 Å². The predicted octanol–water partition coefficient (Wildman–Crippen LogP) is 6.50. The highest BCUT2D eigenvalue weighted by atomic mass is 35.5. The molecule has 146 valence electrons. The maximum atomic E-state index is 6.19. The Morgan fingerprint density at radius 1 is 1.03 bits per heavy atom. The van der Waals surface area contributed by atoms with Gasteiger partial charge >= 0.3 is 0 Å². The molecule has 2 aromatic carbocycles. The zero-order valence-corrected chi connectivity index (χ0v) is 17.1. The van der Waals surface area contributed by atoms with Crippen molar-refractivity contribution in [3.8, 4) is 5.88 Å². The minimum atomic E-state index is 0.456. The number of aromatic nitrogens is 2. The van der Waals surface area contributed by atoms with Gasteiger partial charge in [0.15, 0.2) is 5.58 Å². The molecule has 0 radical (unpaired) electrons. The van der Waals surface area contributed by atoms with Gasteiger partial charge in [0.25, 0.3) is 0 Å². The number of aryl methyl sites for hydroxylation is 2. The SMILES string of the molecule is CCc1cc(/C=C/c2nc3c(Cl)cccc3o2)c(OCc2ccccc2)nc1C. The molecule has 4 aromatic rings. The Morgan fingerprint density at radius 3 is 2.62 bits per heavy atom. The van der Waals surface area contributed by atoms with Crippen LogP contribution in [0.25, 0.3) is 23.3 Å². The molecular weight excluding hydrogens is 384 g/mol. The molecule has 0 aliphatic heterocycles. The first-order valence-electron chi connectivity index (χ1n) is 9.54. The number of fused-ring (bicyclic) bond motifs is 1. The summed E-state index contributed by atoms with van der Waals surface area (Å²) in [7, 11) is 0. The quantitative estimate of drug-likeness (QED) is 0.368. The Hall–Kier alpha value is -3.11. The van der Waals surface area contributed by atoms with Crippen molar-refractivity contribution in [3.05, 3.63) is 87.9 Å². The molecule has 0 fully saturated rings. The molecule has 0 N–H and O–H groups in total. The standard InChI is InChI=1S/C24H21ClN2O2/c1-3-18-14-19(12-13-22-27-23-20(25)10-7-11-21(23)29-22)24(26-16(18)2)28-15-17-8-5-4-6-9-17/h4-14H,3,15H2,1-2H3/b13-12+. The fraction of sp³-hybridized carbons (Fsp3) is 0.167. The molecule has 4 nitrogen and oxygen atoms in total. The van der Waals surface area contributed by atoms with E-state index in [1.165, 1.54) is 5.56 Å².